The summed E-state index contributed by atoms with van der Waals surface area (Å²) in [5, 5.41) is 11.1. The van der Waals surface area contributed by atoms with Gasteiger partial charge in [-0.15, -0.1) is 10.2 Å². The third kappa shape index (κ3) is 4.92. The van der Waals surface area contributed by atoms with E-state index < -0.39 is 0 Å². The number of hydrogen-bond donors (Lipinski definition) is 1. The fourth-order valence-electron chi connectivity index (χ4n) is 1.39. The second-order valence-corrected chi connectivity index (χ2v) is 6.03. The molecule has 0 spiro atoms. The topological polar surface area (TPSA) is 64.1 Å². The van der Waals surface area contributed by atoms with Crippen molar-refractivity contribution in [3.63, 3.8) is 0 Å². The van der Waals surface area contributed by atoms with Gasteiger partial charge in [-0.25, -0.2) is 0 Å². The monoisotopic (exact) mass is 309 g/mol. The molecule has 2 aromatic rings. The van der Waals surface area contributed by atoms with E-state index in [9.17, 15) is 4.79 Å². The van der Waals surface area contributed by atoms with Crippen molar-refractivity contribution < 1.29 is 9.53 Å². The molecule has 0 atom stereocenters. The summed E-state index contributed by atoms with van der Waals surface area (Å²) in [5.74, 6) is 0.630. The van der Waals surface area contributed by atoms with Gasteiger partial charge in [0.2, 0.25) is 5.13 Å². The van der Waals surface area contributed by atoms with Crippen LogP contribution in [0.4, 0.5) is 5.13 Å². The molecular formula is C13H15N3O2S2. The first-order valence-corrected chi connectivity index (χ1v) is 7.96. The highest BCUT2D eigenvalue weighted by atomic mass is 32.2. The van der Waals surface area contributed by atoms with Gasteiger partial charge in [-0.2, -0.15) is 0 Å². The average molecular weight is 309 g/mol. The Kier molecular flexibility index (Phi) is 5.97. The molecule has 1 amide bonds. The number of thioether (sulfide) groups is 1. The second-order valence-electron chi connectivity index (χ2n) is 3.83. The molecule has 0 bridgehead atoms. The maximum atomic E-state index is 11.5. The lowest BCUT2D eigenvalue weighted by Crippen LogP contribution is -2.17. The van der Waals surface area contributed by atoms with Gasteiger partial charge in [0.1, 0.15) is 6.61 Å². The molecule has 20 heavy (non-hydrogen) atoms. The SMILES string of the molecule is CCOCC(=O)Nc1nnc(SCc2ccccc2)s1. The van der Waals surface area contributed by atoms with Gasteiger partial charge in [-0.05, 0) is 12.5 Å². The molecule has 0 aliphatic rings. The van der Waals surface area contributed by atoms with E-state index in [4.69, 9.17) is 4.74 Å². The van der Waals surface area contributed by atoms with Crippen LogP contribution in [0, 0.1) is 0 Å². The van der Waals surface area contributed by atoms with Crippen LogP contribution >= 0.6 is 23.1 Å². The van der Waals surface area contributed by atoms with Crippen molar-refractivity contribution in [1.29, 1.82) is 0 Å². The third-order valence-electron chi connectivity index (χ3n) is 2.30. The van der Waals surface area contributed by atoms with E-state index >= 15 is 0 Å². The molecule has 7 heteroatoms. The molecule has 0 fully saturated rings. The van der Waals surface area contributed by atoms with E-state index in [1.54, 1.807) is 11.8 Å². The Morgan fingerprint density at radius 2 is 2.15 bits per heavy atom. The van der Waals surface area contributed by atoms with Crippen molar-refractivity contribution in [3.05, 3.63) is 35.9 Å². The number of benzene rings is 1. The summed E-state index contributed by atoms with van der Waals surface area (Å²) in [6, 6.07) is 10.1. The molecule has 0 aliphatic heterocycles. The first-order chi connectivity index (χ1) is 9.78. The summed E-state index contributed by atoms with van der Waals surface area (Å²) in [7, 11) is 0. The molecule has 0 aliphatic carbocycles. The minimum Gasteiger partial charge on any atom is -0.372 e. The molecule has 0 radical (unpaired) electrons. The van der Waals surface area contributed by atoms with E-state index in [-0.39, 0.29) is 12.5 Å². The highest BCUT2D eigenvalue weighted by Crippen LogP contribution is 2.28. The normalized spacial score (nSPS) is 10.4. The number of ether oxygens (including phenoxy) is 1. The van der Waals surface area contributed by atoms with E-state index in [1.807, 2.05) is 25.1 Å². The minimum absolute atomic E-state index is 0.0442. The maximum Gasteiger partial charge on any atom is 0.252 e. The Morgan fingerprint density at radius 3 is 2.90 bits per heavy atom. The van der Waals surface area contributed by atoms with Gasteiger partial charge in [0, 0.05) is 12.4 Å². The number of nitrogens with zero attached hydrogens (tertiary/aromatic N) is 2. The molecule has 0 saturated heterocycles. The van der Waals surface area contributed by atoms with Crippen molar-refractivity contribution in [3.8, 4) is 0 Å². The average Bonchev–Trinajstić information content (AvgIpc) is 2.91. The minimum atomic E-state index is -0.206. The predicted octanol–water partition coefficient (Wildman–Crippen LogP) is 2.81. The van der Waals surface area contributed by atoms with Crippen molar-refractivity contribution in [1.82, 2.24) is 10.2 Å². The maximum absolute atomic E-state index is 11.5. The fraction of sp³-hybridized carbons (Fsp3) is 0.308. The molecule has 106 valence electrons. The fourth-order valence-corrected chi connectivity index (χ4v) is 3.11. The summed E-state index contributed by atoms with van der Waals surface area (Å²) in [5.41, 5.74) is 1.23. The summed E-state index contributed by atoms with van der Waals surface area (Å²) in [4.78, 5) is 11.5. The molecule has 1 aromatic carbocycles. The third-order valence-corrected chi connectivity index (χ3v) is 4.34. The van der Waals surface area contributed by atoms with Gasteiger partial charge in [-0.3, -0.25) is 10.1 Å². The smallest absolute Gasteiger partial charge is 0.252 e. The van der Waals surface area contributed by atoms with Gasteiger partial charge >= 0.3 is 0 Å². The summed E-state index contributed by atoms with van der Waals surface area (Å²) in [6.07, 6.45) is 0. The van der Waals surface area contributed by atoms with Crippen LogP contribution in [-0.2, 0) is 15.3 Å². The van der Waals surface area contributed by atoms with E-state index in [2.05, 4.69) is 27.6 Å². The Bertz CT molecular complexity index is 546. The first kappa shape index (κ1) is 15.0. The number of rotatable bonds is 7. The number of carbonyl (C=O) groups excluding carboxylic acids is 1. The van der Waals surface area contributed by atoms with Crippen LogP contribution in [0.3, 0.4) is 0 Å². The highest BCUT2D eigenvalue weighted by Gasteiger charge is 2.08. The molecule has 1 aromatic heterocycles. The zero-order valence-corrected chi connectivity index (χ0v) is 12.7. The summed E-state index contributed by atoms with van der Waals surface area (Å²) < 4.78 is 5.85. The molecule has 1 N–H and O–H groups in total. The Hall–Kier alpha value is -1.44. The van der Waals surface area contributed by atoms with Gasteiger partial charge < -0.3 is 4.74 Å². The number of nitrogens with one attached hydrogen (secondary N) is 1. The zero-order valence-electron chi connectivity index (χ0n) is 11.0. The lowest BCUT2D eigenvalue weighted by Gasteiger charge is -2.00. The molecule has 0 unspecified atom stereocenters. The van der Waals surface area contributed by atoms with Gasteiger partial charge in [0.25, 0.3) is 5.91 Å². The van der Waals surface area contributed by atoms with Gasteiger partial charge in [0.15, 0.2) is 4.34 Å². The van der Waals surface area contributed by atoms with Crippen LogP contribution in [0.1, 0.15) is 12.5 Å². The standard InChI is InChI=1S/C13H15N3O2S2/c1-2-18-8-11(17)14-12-15-16-13(20-12)19-9-10-6-4-3-5-7-10/h3-7H,2,8-9H2,1H3,(H,14,15,17). The van der Waals surface area contributed by atoms with Crippen molar-refractivity contribution in [2.24, 2.45) is 0 Å². The Morgan fingerprint density at radius 1 is 1.35 bits per heavy atom. The second kappa shape index (κ2) is 7.98. The van der Waals surface area contributed by atoms with Crippen LogP contribution in [0.15, 0.2) is 34.7 Å². The number of aromatic nitrogens is 2. The number of anilines is 1. The molecule has 1 heterocycles. The van der Waals surface area contributed by atoms with Crippen LogP contribution in [0.5, 0.6) is 0 Å². The van der Waals surface area contributed by atoms with E-state index in [0.717, 1.165) is 10.1 Å². The van der Waals surface area contributed by atoms with E-state index in [0.29, 0.717) is 11.7 Å². The molecular weight excluding hydrogens is 294 g/mol. The number of carbonyl (C=O) groups is 1. The predicted molar refractivity (Wildman–Crippen MR) is 81.0 cm³/mol. The lowest BCUT2D eigenvalue weighted by molar-refractivity contribution is -0.120. The van der Waals surface area contributed by atoms with Crippen LogP contribution in [0.25, 0.3) is 0 Å². The first-order valence-electron chi connectivity index (χ1n) is 6.15. The van der Waals surface area contributed by atoms with Crippen LogP contribution < -0.4 is 5.32 Å². The largest absolute Gasteiger partial charge is 0.372 e. The van der Waals surface area contributed by atoms with Crippen LogP contribution in [-0.4, -0.2) is 29.3 Å². The zero-order chi connectivity index (χ0) is 14.2. The van der Waals surface area contributed by atoms with Crippen LogP contribution in [0.2, 0.25) is 0 Å². The van der Waals surface area contributed by atoms with Crippen molar-refractivity contribution in [2.45, 2.75) is 17.0 Å². The number of amides is 1. The highest BCUT2D eigenvalue weighted by molar-refractivity contribution is 8.00. The Labute approximate surface area is 125 Å². The van der Waals surface area contributed by atoms with Gasteiger partial charge in [-0.1, -0.05) is 53.4 Å². The summed E-state index contributed by atoms with van der Waals surface area (Å²) >= 11 is 2.97. The molecule has 5 nitrogen and oxygen atoms in total. The van der Waals surface area contributed by atoms with Crippen molar-refractivity contribution >= 4 is 34.1 Å². The number of hydrogen-bond acceptors (Lipinski definition) is 6. The van der Waals surface area contributed by atoms with Gasteiger partial charge in [0.05, 0.1) is 0 Å². The molecule has 0 saturated carbocycles. The van der Waals surface area contributed by atoms with E-state index in [1.165, 1.54) is 16.9 Å². The quantitative estimate of drug-likeness (QED) is 0.629. The molecule has 2 rings (SSSR count). The summed E-state index contributed by atoms with van der Waals surface area (Å²) in [6.45, 7) is 2.40. The van der Waals surface area contributed by atoms with Crippen molar-refractivity contribution in [2.75, 3.05) is 18.5 Å². The lowest BCUT2D eigenvalue weighted by atomic mass is 10.2. The Balaban J connectivity index is 1.81.